The molecular weight excluding hydrogens is 449 g/mol. The van der Waals surface area contributed by atoms with E-state index in [2.05, 4.69) is 21.2 Å². The molecule has 10 heteroatoms. The zero-order valence-electron chi connectivity index (χ0n) is 14.7. The first-order valence-corrected chi connectivity index (χ1v) is 9.74. The maximum Gasteiger partial charge on any atom is 1.00 e. The van der Waals surface area contributed by atoms with Crippen molar-refractivity contribution in [1.29, 1.82) is 0 Å². The summed E-state index contributed by atoms with van der Waals surface area (Å²) in [7, 11) is -5.01. The number of aromatic hydroxyl groups is 1. The van der Waals surface area contributed by atoms with Gasteiger partial charge in [0.25, 0.3) is 0 Å². The predicted octanol–water partition coefficient (Wildman–Crippen LogP) is -0.341. The number of hydrogen-bond acceptors (Lipinski definition) is 7. The van der Waals surface area contributed by atoms with Crippen LogP contribution in [0.3, 0.4) is 0 Å². The predicted molar refractivity (Wildman–Crippen MR) is 95.8 cm³/mol. The number of carbonyl (C=O) groups excluding carboxylic acids is 2. The van der Waals surface area contributed by atoms with Gasteiger partial charge in [-0.3, -0.25) is 9.59 Å². The van der Waals surface area contributed by atoms with Gasteiger partial charge < -0.3 is 15.0 Å². The van der Waals surface area contributed by atoms with Crippen molar-refractivity contribution in [2.45, 2.75) is 24.8 Å². The summed E-state index contributed by atoms with van der Waals surface area (Å²) in [6, 6.07) is 5.12. The smallest absolute Gasteiger partial charge is 0.744 e. The summed E-state index contributed by atoms with van der Waals surface area (Å²) in [4.78, 5) is 25.0. The summed E-state index contributed by atoms with van der Waals surface area (Å²) in [5, 5.41) is 13.3. The molecule has 0 bridgehead atoms. The number of ketones is 2. The van der Waals surface area contributed by atoms with Gasteiger partial charge in [-0.05, 0) is 38.1 Å². The van der Waals surface area contributed by atoms with Gasteiger partial charge in [0, 0.05) is 21.8 Å². The van der Waals surface area contributed by atoms with Crippen LogP contribution < -0.4 is 34.9 Å². The van der Waals surface area contributed by atoms with Crippen LogP contribution in [0.15, 0.2) is 33.6 Å². The second-order valence-electron chi connectivity index (χ2n) is 6.09. The number of halogens is 1. The van der Waals surface area contributed by atoms with E-state index < -0.39 is 37.9 Å². The molecule has 0 aromatic heterocycles. The van der Waals surface area contributed by atoms with Crippen molar-refractivity contribution in [3.05, 3.63) is 51.0 Å². The average Bonchev–Trinajstić information content (AvgIpc) is 2.52. The Hall–Kier alpha value is -1.23. The first-order chi connectivity index (χ1) is 12.0. The van der Waals surface area contributed by atoms with Crippen LogP contribution in [0.1, 0.15) is 45.7 Å². The van der Waals surface area contributed by atoms with Crippen molar-refractivity contribution >= 4 is 43.3 Å². The Bertz CT molecular complexity index is 1080. The molecule has 1 aliphatic carbocycles. The number of nitrogens with one attached hydrogen (secondary N) is 1. The van der Waals surface area contributed by atoms with Gasteiger partial charge in [-0.15, -0.1) is 0 Å². The Kier molecular flexibility index (Phi) is 6.25. The number of carbonyl (C=O) groups is 2. The van der Waals surface area contributed by atoms with E-state index in [1.54, 1.807) is 12.1 Å². The van der Waals surface area contributed by atoms with Crippen molar-refractivity contribution in [2.75, 3.05) is 5.32 Å². The standard InChI is InChI=1S/C17H14BrNO6S.Na/c1-7(2)19-10-5-4-9(18)13-14(10)15(20)8-3-6-11(26(23,24)25)16(21)12(8)17(13)22;/h3-7,19,21H,1-2H3,(H,23,24,25);/q;+1/p-1. The average molecular weight is 462 g/mol. The number of fused-ring (bicyclic) bond motifs is 2. The zero-order chi connectivity index (χ0) is 19.4. The topological polar surface area (TPSA) is 124 Å². The number of benzene rings is 2. The largest absolute Gasteiger partial charge is 1.00 e. The van der Waals surface area contributed by atoms with Gasteiger partial charge >= 0.3 is 29.6 Å². The summed E-state index contributed by atoms with van der Waals surface area (Å²) in [5.41, 5.74) is -0.0621. The van der Waals surface area contributed by atoms with Crippen molar-refractivity contribution in [3.63, 3.8) is 0 Å². The van der Waals surface area contributed by atoms with Crippen LogP contribution in [0.25, 0.3) is 0 Å². The van der Waals surface area contributed by atoms with E-state index in [1.165, 1.54) is 0 Å². The van der Waals surface area contributed by atoms with Crippen LogP contribution in [-0.2, 0) is 10.1 Å². The third-order valence-electron chi connectivity index (χ3n) is 3.93. The van der Waals surface area contributed by atoms with E-state index in [9.17, 15) is 27.7 Å². The first-order valence-electron chi connectivity index (χ1n) is 7.54. The van der Waals surface area contributed by atoms with Crippen molar-refractivity contribution in [1.82, 2.24) is 0 Å². The summed E-state index contributed by atoms with van der Waals surface area (Å²) >= 11 is 3.22. The fourth-order valence-electron chi connectivity index (χ4n) is 2.92. The molecule has 136 valence electrons. The molecule has 0 radical (unpaired) electrons. The van der Waals surface area contributed by atoms with Crippen LogP contribution in [0, 0.1) is 0 Å². The molecule has 0 saturated carbocycles. The van der Waals surface area contributed by atoms with E-state index >= 15 is 0 Å². The fraction of sp³-hybridized carbons (Fsp3) is 0.176. The summed E-state index contributed by atoms with van der Waals surface area (Å²) < 4.78 is 34.2. The molecule has 0 saturated heterocycles. The minimum atomic E-state index is -5.01. The Morgan fingerprint density at radius 3 is 2.22 bits per heavy atom. The molecule has 2 N–H and O–H groups in total. The number of hydrogen-bond donors (Lipinski definition) is 2. The van der Waals surface area contributed by atoms with Gasteiger partial charge in [0.05, 0.1) is 21.6 Å². The maximum absolute atomic E-state index is 13.0. The van der Waals surface area contributed by atoms with Gasteiger partial charge in [-0.25, -0.2) is 8.42 Å². The van der Waals surface area contributed by atoms with E-state index in [1.807, 2.05) is 13.8 Å². The summed E-state index contributed by atoms with van der Waals surface area (Å²) in [6.45, 7) is 3.74. The van der Waals surface area contributed by atoms with Crippen molar-refractivity contribution in [3.8, 4) is 5.75 Å². The SMILES string of the molecule is CC(C)Nc1ccc(Br)c2c1C(=O)c1ccc(S(=O)(=O)[O-])c(O)c1C2=O.[Na+]. The monoisotopic (exact) mass is 461 g/mol. The Morgan fingerprint density at radius 1 is 1.04 bits per heavy atom. The molecular formula is C17H13BrNNaO6S. The molecule has 2 aromatic rings. The second-order valence-corrected chi connectivity index (χ2v) is 8.29. The molecule has 0 amide bonds. The van der Waals surface area contributed by atoms with Crippen molar-refractivity contribution < 1.29 is 57.2 Å². The van der Waals surface area contributed by atoms with E-state index in [-0.39, 0.29) is 52.3 Å². The summed E-state index contributed by atoms with van der Waals surface area (Å²) in [5.74, 6) is -2.29. The van der Waals surface area contributed by atoms with Gasteiger partial charge in [0.2, 0.25) is 0 Å². The molecule has 0 atom stereocenters. The quantitative estimate of drug-likeness (QED) is 0.403. The van der Waals surface area contributed by atoms with Crippen LogP contribution in [0.4, 0.5) is 5.69 Å². The normalized spacial score (nSPS) is 13.1. The Labute approximate surface area is 186 Å². The number of phenolic OH excluding ortho intramolecular Hbond substituents is 1. The number of rotatable bonds is 3. The van der Waals surface area contributed by atoms with Gasteiger partial charge in [0.15, 0.2) is 11.6 Å². The third-order valence-corrected chi connectivity index (χ3v) is 5.46. The second kappa shape index (κ2) is 7.65. The summed E-state index contributed by atoms with van der Waals surface area (Å²) in [6.07, 6.45) is 0. The molecule has 0 spiro atoms. The minimum absolute atomic E-state index is 0. The number of anilines is 1. The van der Waals surface area contributed by atoms with Gasteiger partial charge in [0.1, 0.15) is 15.9 Å². The minimum Gasteiger partial charge on any atom is -0.744 e. The van der Waals surface area contributed by atoms with Gasteiger partial charge in [-0.2, -0.15) is 0 Å². The number of phenols is 1. The molecule has 0 fully saturated rings. The maximum atomic E-state index is 13.0. The molecule has 1 aliphatic rings. The molecule has 0 heterocycles. The van der Waals surface area contributed by atoms with Crippen LogP contribution in [-0.4, -0.2) is 35.7 Å². The molecule has 0 unspecified atom stereocenters. The molecule has 0 aliphatic heterocycles. The Morgan fingerprint density at radius 2 is 1.67 bits per heavy atom. The molecule has 7 nitrogen and oxygen atoms in total. The van der Waals surface area contributed by atoms with Gasteiger partial charge in [-0.1, -0.05) is 15.9 Å². The van der Waals surface area contributed by atoms with Crippen molar-refractivity contribution in [2.24, 2.45) is 0 Å². The molecule has 3 rings (SSSR count). The van der Waals surface area contributed by atoms with Crippen LogP contribution in [0.5, 0.6) is 5.75 Å². The Balaban J connectivity index is 0.00000261. The molecule has 27 heavy (non-hydrogen) atoms. The van der Waals surface area contributed by atoms with Crippen LogP contribution >= 0.6 is 15.9 Å². The van der Waals surface area contributed by atoms with E-state index in [4.69, 9.17) is 0 Å². The first kappa shape index (κ1) is 22.1. The zero-order valence-corrected chi connectivity index (χ0v) is 19.1. The van der Waals surface area contributed by atoms with E-state index in [0.717, 1.165) is 12.1 Å². The van der Waals surface area contributed by atoms with Crippen LogP contribution in [0.2, 0.25) is 0 Å². The molecule has 2 aromatic carbocycles. The van der Waals surface area contributed by atoms with E-state index in [0.29, 0.717) is 10.2 Å². The fourth-order valence-corrected chi connectivity index (χ4v) is 4.00. The third kappa shape index (κ3) is 3.72.